The van der Waals surface area contributed by atoms with Gasteiger partial charge >= 0.3 is 0 Å². The normalized spacial score (nSPS) is 24.6. The van der Waals surface area contributed by atoms with Gasteiger partial charge in [-0.05, 0) is 27.2 Å². The van der Waals surface area contributed by atoms with Crippen LogP contribution in [0.3, 0.4) is 0 Å². The summed E-state index contributed by atoms with van der Waals surface area (Å²) in [6.07, 6.45) is 1.12. The molecule has 1 fully saturated rings. The van der Waals surface area contributed by atoms with Crippen molar-refractivity contribution in [3.8, 4) is 0 Å². The van der Waals surface area contributed by atoms with Crippen LogP contribution in [0.4, 0.5) is 0 Å². The van der Waals surface area contributed by atoms with Gasteiger partial charge in [-0.2, -0.15) is 0 Å². The SMILES string of the molecule is CC1OCCC1C(=O)N(CCC(N)=NO)C(C)C. The van der Waals surface area contributed by atoms with Gasteiger partial charge in [-0.15, -0.1) is 0 Å². The second kappa shape index (κ2) is 6.58. The van der Waals surface area contributed by atoms with Gasteiger partial charge in [-0.1, -0.05) is 5.16 Å². The van der Waals surface area contributed by atoms with Gasteiger partial charge < -0.3 is 20.6 Å². The van der Waals surface area contributed by atoms with Gasteiger partial charge in [0.05, 0.1) is 12.0 Å². The van der Waals surface area contributed by atoms with Crippen LogP contribution in [0.1, 0.15) is 33.6 Å². The number of amides is 1. The minimum Gasteiger partial charge on any atom is -0.409 e. The summed E-state index contributed by atoms with van der Waals surface area (Å²) in [4.78, 5) is 14.2. The Hall–Kier alpha value is -1.30. The maximum Gasteiger partial charge on any atom is 0.228 e. The number of amidine groups is 1. The average Bonchev–Trinajstić information content (AvgIpc) is 2.74. The first-order valence-corrected chi connectivity index (χ1v) is 6.35. The molecule has 3 N–H and O–H groups in total. The van der Waals surface area contributed by atoms with E-state index in [0.717, 1.165) is 6.42 Å². The van der Waals surface area contributed by atoms with E-state index in [1.54, 1.807) is 4.90 Å². The van der Waals surface area contributed by atoms with Crippen LogP contribution in [0.5, 0.6) is 0 Å². The highest BCUT2D eigenvalue weighted by Gasteiger charge is 2.34. The van der Waals surface area contributed by atoms with E-state index in [2.05, 4.69) is 5.16 Å². The first kappa shape index (κ1) is 14.8. The number of oxime groups is 1. The van der Waals surface area contributed by atoms with Gasteiger partial charge in [-0.25, -0.2) is 0 Å². The zero-order valence-corrected chi connectivity index (χ0v) is 11.3. The van der Waals surface area contributed by atoms with Crippen LogP contribution < -0.4 is 5.73 Å². The zero-order chi connectivity index (χ0) is 13.7. The fraction of sp³-hybridized carbons (Fsp3) is 0.833. The number of hydrogen-bond donors (Lipinski definition) is 2. The maximum absolute atomic E-state index is 12.4. The number of carbonyl (C=O) groups excluding carboxylic acids is 1. The lowest BCUT2D eigenvalue weighted by molar-refractivity contribution is -0.138. The summed E-state index contributed by atoms with van der Waals surface area (Å²) in [5.41, 5.74) is 5.44. The van der Waals surface area contributed by atoms with E-state index in [9.17, 15) is 4.79 Å². The minimum absolute atomic E-state index is 0.0254. The molecule has 2 atom stereocenters. The van der Waals surface area contributed by atoms with E-state index in [4.69, 9.17) is 15.7 Å². The molecule has 0 bridgehead atoms. The summed E-state index contributed by atoms with van der Waals surface area (Å²) in [5, 5.41) is 11.4. The summed E-state index contributed by atoms with van der Waals surface area (Å²) in [6, 6.07) is 0.0943. The predicted molar refractivity (Wildman–Crippen MR) is 68.4 cm³/mol. The van der Waals surface area contributed by atoms with Crippen LogP contribution in [0.25, 0.3) is 0 Å². The smallest absolute Gasteiger partial charge is 0.228 e. The van der Waals surface area contributed by atoms with E-state index >= 15 is 0 Å². The Kier molecular flexibility index (Phi) is 5.40. The third-order valence-corrected chi connectivity index (χ3v) is 3.34. The first-order chi connectivity index (χ1) is 8.47. The van der Waals surface area contributed by atoms with Crippen LogP contribution in [-0.4, -0.2) is 47.1 Å². The van der Waals surface area contributed by atoms with Crippen molar-refractivity contribution in [2.24, 2.45) is 16.8 Å². The van der Waals surface area contributed by atoms with E-state index in [1.165, 1.54) is 0 Å². The second-order valence-corrected chi connectivity index (χ2v) is 4.94. The van der Waals surface area contributed by atoms with Gasteiger partial charge in [0.15, 0.2) is 0 Å². The van der Waals surface area contributed by atoms with Crippen LogP contribution in [0.15, 0.2) is 5.16 Å². The Morgan fingerprint density at radius 2 is 2.28 bits per heavy atom. The Bertz CT molecular complexity index is 318. The van der Waals surface area contributed by atoms with Crippen LogP contribution in [-0.2, 0) is 9.53 Å². The van der Waals surface area contributed by atoms with Gasteiger partial charge in [-0.3, -0.25) is 4.79 Å². The molecule has 1 aliphatic heterocycles. The van der Waals surface area contributed by atoms with Crippen molar-refractivity contribution < 1.29 is 14.7 Å². The highest BCUT2D eigenvalue weighted by atomic mass is 16.5. The van der Waals surface area contributed by atoms with E-state index in [1.807, 2.05) is 20.8 Å². The molecule has 0 aromatic rings. The quantitative estimate of drug-likeness (QED) is 0.330. The molecule has 0 aliphatic carbocycles. The predicted octanol–water partition coefficient (Wildman–Crippen LogP) is 0.785. The number of carbonyl (C=O) groups is 1. The van der Waals surface area contributed by atoms with Gasteiger partial charge in [0.2, 0.25) is 5.91 Å². The number of hydrogen-bond acceptors (Lipinski definition) is 4. The Balaban J connectivity index is 2.63. The first-order valence-electron chi connectivity index (χ1n) is 6.35. The monoisotopic (exact) mass is 257 g/mol. The Labute approximate surface area is 108 Å². The molecule has 0 radical (unpaired) electrons. The summed E-state index contributed by atoms with van der Waals surface area (Å²) >= 11 is 0. The molecule has 2 unspecified atom stereocenters. The summed E-state index contributed by atoms with van der Waals surface area (Å²) in [7, 11) is 0. The standard InChI is InChI=1S/C12H23N3O3/c1-8(2)15(6-4-11(13)14-17)12(16)10-5-7-18-9(10)3/h8-10,17H,4-7H2,1-3H3,(H2,13,14). The molecule has 104 valence electrons. The fourth-order valence-corrected chi connectivity index (χ4v) is 2.18. The molecule has 1 heterocycles. The third-order valence-electron chi connectivity index (χ3n) is 3.34. The Morgan fingerprint density at radius 1 is 1.61 bits per heavy atom. The van der Waals surface area contributed by atoms with Crippen molar-refractivity contribution in [1.29, 1.82) is 0 Å². The van der Waals surface area contributed by atoms with Crippen molar-refractivity contribution >= 4 is 11.7 Å². The molecule has 0 saturated carbocycles. The molecular weight excluding hydrogens is 234 g/mol. The molecule has 6 heteroatoms. The van der Waals surface area contributed by atoms with Crippen molar-refractivity contribution in [1.82, 2.24) is 4.90 Å². The molecule has 1 saturated heterocycles. The number of rotatable bonds is 5. The average molecular weight is 257 g/mol. The van der Waals surface area contributed by atoms with Crippen molar-refractivity contribution in [3.05, 3.63) is 0 Å². The Morgan fingerprint density at radius 3 is 2.72 bits per heavy atom. The molecule has 6 nitrogen and oxygen atoms in total. The minimum atomic E-state index is -0.0697. The highest BCUT2D eigenvalue weighted by molar-refractivity contribution is 5.82. The lowest BCUT2D eigenvalue weighted by Crippen LogP contribution is -2.44. The summed E-state index contributed by atoms with van der Waals surface area (Å²) < 4.78 is 5.43. The number of ether oxygens (including phenoxy) is 1. The van der Waals surface area contributed by atoms with Crippen LogP contribution >= 0.6 is 0 Å². The van der Waals surface area contributed by atoms with Gasteiger partial charge in [0, 0.05) is 25.6 Å². The molecule has 0 aromatic heterocycles. The third kappa shape index (κ3) is 3.60. The second-order valence-electron chi connectivity index (χ2n) is 4.94. The lowest BCUT2D eigenvalue weighted by atomic mass is 10.00. The van der Waals surface area contributed by atoms with Crippen molar-refractivity contribution in [2.75, 3.05) is 13.2 Å². The molecule has 1 aliphatic rings. The van der Waals surface area contributed by atoms with E-state index in [0.29, 0.717) is 19.6 Å². The molecule has 18 heavy (non-hydrogen) atoms. The summed E-state index contributed by atoms with van der Waals surface area (Å²) in [6.45, 7) is 6.96. The van der Waals surface area contributed by atoms with Crippen molar-refractivity contribution in [2.45, 2.75) is 45.8 Å². The number of nitrogens with zero attached hydrogens (tertiary/aromatic N) is 2. The molecular formula is C12H23N3O3. The molecule has 0 aromatic carbocycles. The van der Waals surface area contributed by atoms with Crippen LogP contribution in [0.2, 0.25) is 0 Å². The van der Waals surface area contributed by atoms with Crippen molar-refractivity contribution in [3.63, 3.8) is 0 Å². The maximum atomic E-state index is 12.4. The van der Waals surface area contributed by atoms with Gasteiger partial charge in [0.1, 0.15) is 5.84 Å². The van der Waals surface area contributed by atoms with E-state index < -0.39 is 0 Å². The lowest BCUT2D eigenvalue weighted by Gasteiger charge is -2.30. The zero-order valence-electron chi connectivity index (χ0n) is 11.3. The molecule has 1 rings (SSSR count). The molecule has 1 amide bonds. The van der Waals surface area contributed by atoms with Crippen LogP contribution in [0, 0.1) is 5.92 Å². The van der Waals surface area contributed by atoms with E-state index in [-0.39, 0.29) is 29.8 Å². The topological polar surface area (TPSA) is 88.2 Å². The number of nitrogens with two attached hydrogens (primary N) is 1. The summed E-state index contributed by atoms with van der Waals surface area (Å²) in [5.74, 6) is 0.171. The largest absolute Gasteiger partial charge is 0.409 e. The highest BCUT2D eigenvalue weighted by Crippen LogP contribution is 2.23. The molecule has 0 spiro atoms. The fourth-order valence-electron chi connectivity index (χ4n) is 2.18. The van der Waals surface area contributed by atoms with Gasteiger partial charge in [0.25, 0.3) is 0 Å².